The number of hydrogen-bond acceptors (Lipinski definition) is 29. The van der Waals surface area contributed by atoms with E-state index in [1.165, 1.54) is 0 Å². The van der Waals surface area contributed by atoms with Crippen molar-refractivity contribution in [3.63, 3.8) is 0 Å². The normalized spacial score (nSPS) is 20.9. The SMILES string of the molecule is CC(C)(C)OC(=O)NC1CNC1.C[C@H]1C[C@@H](CC(=O)CBr)CN(c2ccc(C#N)c3nccnc23)C1.C[C@H]1C[C@@H](CC(=O)CN2CN(C(=O)OC(C)(C)C)C2)CN(c2ccc(C#N)c3nccnc23)C1.C[C@H]1C[C@@H](CC(=O)CN2CNC2)CN(c2ccc(C#N)c3nccnc23)C1.C[C@H]1C[C@@H](N)CN(c2ccc(C#N)c3nccnc23)C1.O=C(O)CBr. The highest BCUT2D eigenvalue weighted by Crippen LogP contribution is 2.38. The summed E-state index contributed by atoms with van der Waals surface area (Å²) in [6.07, 6.45) is 18.3. The summed E-state index contributed by atoms with van der Waals surface area (Å²) in [7, 11) is 0. The fourth-order valence-corrected chi connectivity index (χ4v) is 16.7. The number of anilines is 4. The van der Waals surface area contributed by atoms with Crippen molar-refractivity contribution in [2.75, 3.05) is 135 Å². The van der Waals surface area contributed by atoms with E-state index in [1.807, 2.05) is 88.9 Å². The summed E-state index contributed by atoms with van der Waals surface area (Å²) in [5, 5.41) is 54.3. The van der Waals surface area contributed by atoms with Crippen molar-refractivity contribution in [2.24, 2.45) is 47.2 Å². The number of alkyl halides is 2. The number of carboxylic acid groups (broad SMARTS) is 1. The van der Waals surface area contributed by atoms with Crippen molar-refractivity contribution in [1.29, 1.82) is 21.0 Å². The first-order chi connectivity index (χ1) is 58.3. The second kappa shape index (κ2) is 43.8. The molecule has 4 aromatic heterocycles. The fourth-order valence-electron chi connectivity index (χ4n) is 16.5. The Balaban J connectivity index is 0.000000162. The molecule has 0 saturated carbocycles. The molecule has 7 aliphatic heterocycles. The Hall–Kier alpha value is -10.8. The van der Waals surface area contributed by atoms with E-state index < -0.39 is 17.2 Å². The maximum atomic E-state index is 12.8. The standard InChI is InChI=1S/C25H32N6O3.C20H24N6O.C18H19BrN4O.C15H17N5.C8H16N2O2.C2H3BrO2/c1-17-9-18(10-20(32)14-29-15-31(16-29)24(33)34-25(2,3)4)13-30(12-17)21-6-5-19(11-26)22-23(21)28-8-7-27-22;1-14-6-15(7-17(27)11-25-12-22-13-25)10-26(9-14)18-3-2-16(8-21)19-20(18)24-5-4-23-19;1-12-6-13(7-15(24)8-19)11-23(10-12)16-3-2-14(9-20)17-18(16)22-5-4-21-17;1-10-6-12(17)9-20(8-10)13-3-2-11(7-16)14-15(13)19-5-4-18-14;1-8(2,3)12-7(11)10-6-4-9-5-6;3-1-2(4)5/h5-8,17-18H,9-10,12-16H2,1-4H3;2-5,14-15,22H,6-7,9-13H2,1H3;2-5,12-13H,6-8,10-11H2,1H3;2-5,10,12H,6,8-9,17H2,1H3;6,9H,4-5H2,1-3H3,(H,10,11);1H2,(H,4,5)/t17-,18-;14-,15-;12-,13-;10-,12+;;/m0000../s1. The zero-order chi connectivity index (χ0) is 88.0. The van der Waals surface area contributed by atoms with Crippen LogP contribution < -0.4 is 41.3 Å². The second-order valence-corrected chi connectivity index (χ2v) is 35.9. The smallest absolute Gasteiger partial charge is 0.412 e. The molecular weight excluding hydrogens is 1680 g/mol. The molecule has 0 radical (unpaired) electrons. The number of ether oxygens (including phenoxy) is 2. The van der Waals surface area contributed by atoms with Crippen LogP contribution in [-0.4, -0.2) is 234 Å². The number of amides is 2. The number of aromatic nitrogens is 8. The minimum atomic E-state index is -0.829. The third-order valence-corrected chi connectivity index (χ3v) is 22.5. The molecule has 11 heterocycles. The van der Waals surface area contributed by atoms with Gasteiger partial charge in [0.2, 0.25) is 0 Å². The number of benzene rings is 4. The molecule has 32 nitrogen and oxygen atoms in total. The van der Waals surface area contributed by atoms with Gasteiger partial charge < -0.3 is 50.5 Å². The molecule has 0 unspecified atom stereocenters. The maximum absolute atomic E-state index is 12.8. The Kier molecular flexibility index (Phi) is 33.5. The Morgan fingerprint density at radius 2 is 0.779 bits per heavy atom. The number of carbonyl (C=O) groups is 6. The molecule has 0 bridgehead atoms. The highest BCUT2D eigenvalue weighted by molar-refractivity contribution is 9.09. The number of carbonyl (C=O) groups excluding carboxylic acids is 5. The molecule has 15 rings (SSSR count). The molecule has 122 heavy (non-hydrogen) atoms. The predicted octanol–water partition coefficient (Wildman–Crippen LogP) is 11.1. The first-order valence-corrected chi connectivity index (χ1v) is 43.6. The minimum Gasteiger partial charge on any atom is -0.481 e. The average molecular weight is 1790 g/mol. The van der Waals surface area contributed by atoms with Crippen LogP contribution in [0, 0.1) is 86.7 Å². The van der Waals surface area contributed by atoms with E-state index in [0.717, 1.165) is 149 Å². The van der Waals surface area contributed by atoms with Gasteiger partial charge in [0, 0.05) is 140 Å². The first-order valence-electron chi connectivity index (χ1n) is 41.3. The lowest BCUT2D eigenvalue weighted by Gasteiger charge is -2.42. The van der Waals surface area contributed by atoms with E-state index in [2.05, 4.69) is 164 Å². The number of carboxylic acids is 1. The first kappa shape index (κ1) is 93.4. The van der Waals surface area contributed by atoms with Crippen molar-refractivity contribution >= 4 is 134 Å². The number of fused-ring (bicyclic) bond motifs is 4. The highest BCUT2D eigenvalue weighted by Gasteiger charge is 2.37. The molecule has 7 saturated heterocycles. The average Bonchev–Trinajstić information content (AvgIpc) is 0.798. The number of alkyl carbamates (subject to hydrolysis) is 1. The summed E-state index contributed by atoms with van der Waals surface area (Å²) in [6.45, 7) is 32.0. The lowest BCUT2D eigenvalue weighted by molar-refractivity contribution is -0.134. The quantitative estimate of drug-likeness (QED) is 0.0529. The van der Waals surface area contributed by atoms with E-state index in [4.69, 9.17) is 25.6 Å². The number of ketones is 3. The third-order valence-electron chi connectivity index (χ3n) is 21.4. The molecule has 0 spiro atoms. The van der Waals surface area contributed by atoms with Crippen molar-refractivity contribution < 1.29 is 43.3 Å². The summed E-state index contributed by atoms with van der Waals surface area (Å²) in [5.41, 5.74) is 16.9. The summed E-state index contributed by atoms with van der Waals surface area (Å²) in [5.74, 6) is 2.86. The van der Waals surface area contributed by atoms with Crippen LogP contribution in [0.2, 0.25) is 0 Å². The van der Waals surface area contributed by atoms with Crippen molar-refractivity contribution in [3.8, 4) is 24.3 Å². The van der Waals surface area contributed by atoms with Gasteiger partial charge in [0.1, 0.15) is 102 Å². The van der Waals surface area contributed by atoms with Crippen LogP contribution in [0.15, 0.2) is 98.1 Å². The van der Waals surface area contributed by atoms with Crippen LogP contribution in [0.3, 0.4) is 0 Å². The lowest BCUT2D eigenvalue weighted by atomic mass is 9.86. The number of aliphatic carboxylic acids is 1. The van der Waals surface area contributed by atoms with E-state index in [0.29, 0.717) is 137 Å². The largest absolute Gasteiger partial charge is 0.481 e. The minimum absolute atomic E-state index is 0.0347. The Bertz CT molecular complexity index is 5160. The fraction of sp³-hybridized carbons (Fsp3) is 0.523. The van der Waals surface area contributed by atoms with Gasteiger partial charge in [0.25, 0.3) is 0 Å². The Morgan fingerprint density at radius 1 is 0.459 bits per heavy atom. The summed E-state index contributed by atoms with van der Waals surface area (Å²) in [4.78, 5) is 120. The van der Waals surface area contributed by atoms with E-state index in [-0.39, 0.29) is 47.1 Å². The van der Waals surface area contributed by atoms with Crippen molar-refractivity contribution in [1.82, 2.24) is 70.5 Å². The number of piperidine rings is 4. The van der Waals surface area contributed by atoms with Gasteiger partial charge in [-0.2, -0.15) is 21.0 Å². The molecule has 646 valence electrons. The van der Waals surface area contributed by atoms with Gasteiger partial charge in [-0.05, 0) is 157 Å². The molecule has 8 aromatic rings. The maximum Gasteiger partial charge on any atom is 0.412 e. The number of nitriles is 4. The predicted molar refractivity (Wildman–Crippen MR) is 474 cm³/mol. The number of halogens is 2. The third kappa shape index (κ3) is 26.6. The van der Waals surface area contributed by atoms with Crippen molar-refractivity contribution in [3.05, 3.63) is 120 Å². The molecule has 2 amide bonds. The van der Waals surface area contributed by atoms with Crippen LogP contribution >= 0.6 is 31.9 Å². The van der Waals surface area contributed by atoms with Gasteiger partial charge in [0.15, 0.2) is 0 Å². The number of rotatable bonds is 17. The summed E-state index contributed by atoms with van der Waals surface area (Å²) < 4.78 is 10.4. The Morgan fingerprint density at radius 3 is 1.07 bits per heavy atom. The number of hydrogen-bond donors (Lipinski definition) is 5. The van der Waals surface area contributed by atoms with E-state index in [1.54, 1.807) is 60.5 Å². The van der Waals surface area contributed by atoms with Gasteiger partial charge >= 0.3 is 18.2 Å². The van der Waals surface area contributed by atoms with E-state index in [9.17, 15) is 44.6 Å². The molecule has 7 fully saturated rings. The summed E-state index contributed by atoms with van der Waals surface area (Å²) in [6, 6.07) is 24.2. The zero-order valence-corrected chi connectivity index (χ0v) is 74.3. The number of nitrogens with zero attached hydrogens (tertiary/aromatic N) is 19. The molecular formula is C88H111Br2N23O9. The highest BCUT2D eigenvalue weighted by atomic mass is 79.9. The van der Waals surface area contributed by atoms with Gasteiger partial charge in [-0.15, -0.1) is 0 Å². The van der Waals surface area contributed by atoms with E-state index >= 15 is 0 Å². The van der Waals surface area contributed by atoms with Crippen molar-refractivity contribution in [2.45, 2.75) is 137 Å². The van der Waals surface area contributed by atoms with Crippen LogP contribution in [0.25, 0.3) is 44.1 Å². The van der Waals surface area contributed by atoms with Gasteiger partial charge in [0.05, 0.1) is 96.1 Å². The topological polar surface area (TPSA) is 424 Å². The number of nitrogens with one attached hydrogen (secondary N) is 3. The van der Waals surface area contributed by atoms with Gasteiger partial charge in [-0.1, -0.05) is 59.6 Å². The van der Waals surface area contributed by atoms with Crippen LogP contribution in [0.1, 0.15) is 136 Å². The molecule has 0 aliphatic carbocycles. The molecule has 34 heteroatoms. The second-order valence-electron chi connectivity index (χ2n) is 34.7. The number of Topliss-reactive ketones (excluding diaryl/α,β-unsaturated/α-hetero) is 3. The monoisotopic (exact) mass is 1790 g/mol. The van der Waals surface area contributed by atoms with Crippen LogP contribution in [-0.2, 0) is 28.7 Å². The summed E-state index contributed by atoms with van der Waals surface area (Å²) >= 11 is 5.97. The van der Waals surface area contributed by atoms with Gasteiger partial charge in [-0.25, -0.2) is 9.59 Å². The lowest BCUT2D eigenvalue weighted by Crippen LogP contribution is -2.59. The number of nitrogens with two attached hydrogens (primary N) is 1. The Labute approximate surface area is 729 Å². The molecule has 7 aliphatic rings. The van der Waals surface area contributed by atoms with Crippen LogP contribution in [0.4, 0.5) is 32.3 Å². The zero-order valence-electron chi connectivity index (χ0n) is 71.2. The van der Waals surface area contributed by atoms with Crippen LogP contribution in [0.5, 0.6) is 0 Å². The molecule has 8 atom stereocenters. The van der Waals surface area contributed by atoms with Gasteiger partial charge in [-0.3, -0.25) is 79.1 Å². The molecule has 4 aromatic carbocycles. The molecule has 6 N–H and O–H groups in total.